The second kappa shape index (κ2) is 6.08. The molecule has 0 radical (unpaired) electrons. The molecule has 1 rings (SSSR count). The number of benzene rings is 1. The van der Waals surface area contributed by atoms with E-state index < -0.39 is 23.7 Å². The third-order valence-electron chi connectivity index (χ3n) is 2.30. The summed E-state index contributed by atoms with van der Waals surface area (Å²) in [5.41, 5.74) is 10.3. The van der Waals surface area contributed by atoms with E-state index in [0.717, 1.165) is 12.1 Å². The highest BCUT2D eigenvalue weighted by Gasteiger charge is 2.17. The number of methoxy groups -OCH3 is 1. The highest BCUT2D eigenvalue weighted by molar-refractivity contribution is 5.97. The molecule has 1 aromatic carbocycles. The summed E-state index contributed by atoms with van der Waals surface area (Å²) in [7, 11) is 1.31. The molecule has 5 N–H and O–H groups in total. The molecule has 0 spiro atoms. The Hall–Kier alpha value is -1.99. The number of carbonyl (C=O) groups is 2. The van der Waals surface area contributed by atoms with Crippen LogP contribution in [0.1, 0.15) is 10.4 Å². The van der Waals surface area contributed by atoms with Gasteiger partial charge in [0.25, 0.3) is 5.91 Å². The first-order valence-electron chi connectivity index (χ1n) is 5.12. The van der Waals surface area contributed by atoms with Crippen molar-refractivity contribution in [2.45, 2.75) is 6.10 Å². The van der Waals surface area contributed by atoms with Gasteiger partial charge in [0.05, 0.1) is 5.69 Å². The molecule has 0 aliphatic carbocycles. The molecule has 7 heteroatoms. The fourth-order valence-corrected chi connectivity index (χ4v) is 1.30. The first-order valence-corrected chi connectivity index (χ1v) is 5.12. The number of carbonyl (C=O) groups excluding carboxylic acids is 2. The van der Waals surface area contributed by atoms with Gasteiger partial charge in [-0.3, -0.25) is 9.59 Å². The average Bonchev–Trinajstić information content (AvgIpc) is 2.33. The lowest BCUT2D eigenvalue weighted by Crippen LogP contribution is -2.36. The maximum atomic E-state index is 13.4. The second-order valence-electron chi connectivity index (χ2n) is 3.51. The predicted octanol–water partition coefficient (Wildman–Crippen LogP) is -0.163. The summed E-state index contributed by atoms with van der Waals surface area (Å²) in [6.07, 6.45) is -0.887. The number of ether oxygens (including phenoxy) is 1. The van der Waals surface area contributed by atoms with Gasteiger partial charge < -0.3 is 21.5 Å². The van der Waals surface area contributed by atoms with E-state index in [2.05, 4.69) is 5.32 Å². The van der Waals surface area contributed by atoms with Gasteiger partial charge in [-0.25, -0.2) is 4.39 Å². The summed E-state index contributed by atoms with van der Waals surface area (Å²) in [5.74, 6) is -1.99. The number of nitrogens with one attached hydrogen (secondary N) is 1. The van der Waals surface area contributed by atoms with Crippen LogP contribution in [-0.4, -0.2) is 31.6 Å². The van der Waals surface area contributed by atoms with Crippen molar-refractivity contribution in [1.29, 1.82) is 0 Å². The Kier molecular flexibility index (Phi) is 4.75. The van der Waals surface area contributed by atoms with E-state index in [1.54, 1.807) is 0 Å². The van der Waals surface area contributed by atoms with E-state index in [1.165, 1.54) is 13.2 Å². The number of hydrogen-bond donors (Lipinski definition) is 3. The Balaban J connectivity index is 2.93. The van der Waals surface area contributed by atoms with Gasteiger partial charge >= 0.3 is 0 Å². The van der Waals surface area contributed by atoms with Crippen LogP contribution in [0.15, 0.2) is 18.2 Å². The Labute approximate surface area is 103 Å². The third-order valence-corrected chi connectivity index (χ3v) is 2.30. The number of anilines is 1. The number of amides is 2. The summed E-state index contributed by atoms with van der Waals surface area (Å²) in [5, 5.41) is 2.28. The van der Waals surface area contributed by atoms with Crippen LogP contribution in [0.5, 0.6) is 0 Å². The van der Waals surface area contributed by atoms with E-state index >= 15 is 0 Å². The second-order valence-corrected chi connectivity index (χ2v) is 3.51. The van der Waals surface area contributed by atoms with Gasteiger partial charge in [-0.2, -0.15) is 0 Å². The molecular weight excluding hydrogens is 241 g/mol. The molecule has 98 valence electrons. The van der Waals surface area contributed by atoms with Crippen LogP contribution < -0.4 is 16.8 Å². The molecule has 0 saturated carbocycles. The summed E-state index contributed by atoms with van der Waals surface area (Å²) in [6.45, 7) is -0.0422. The normalized spacial score (nSPS) is 11.9. The van der Waals surface area contributed by atoms with E-state index in [4.69, 9.17) is 16.2 Å². The zero-order chi connectivity index (χ0) is 13.7. The highest BCUT2D eigenvalue weighted by Crippen LogP contribution is 2.16. The largest absolute Gasteiger partial charge is 0.370 e. The molecule has 6 nitrogen and oxygen atoms in total. The van der Waals surface area contributed by atoms with Crippen LogP contribution >= 0.6 is 0 Å². The third kappa shape index (κ3) is 3.25. The maximum absolute atomic E-state index is 13.4. The Morgan fingerprint density at radius 1 is 1.50 bits per heavy atom. The molecule has 2 amide bonds. The first-order chi connectivity index (χ1) is 8.49. The minimum absolute atomic E-state index is 0.0422. The monoisotopic (exact) mass is 255 g/mol. The van der Waals surface area contributed by atoms with Crippen molar-refractivity contribution in [3.05, 3.63) is 29.6 Å². The fraction of sp³-hybridized carbons (Fsp3) is 0.273. The van der Waals surface area contributed by atoms with Crippen molar-refractivity contribution >= 4 is 17.5 Å². The molecule has 1 unspecified atom stereocenters. The van der Waals surface area contributed by atoms with Crippen molar-refractivity contribution < 1.29 is 18.7 Å². The molecule has 0 bridgehead atoms. The van der Waals surface area contributed by atoms with Crippen molar-refractivity contribution in [1.82, 2.24) is 0 Å². The van der Waals surface area contributed by atoms with Crippen molar-refractivity contribution in [2.24, 2.45) is 11.5 Å². The molecule has 0 heterocycles. The van der Waals surface area contributed by atoms with Crippen LogP contribution in [0.2, 0.25) is 0 Å². The van der Waals surface area contributed by atoms with Crippen LogP contribution in [0, 0.1) is 5.82 Å². The van der Waals surface area contributed by atoms with E-state index in [-0.39, 0.29) is 17.8 Å². The predicted molar refractivity (Wildman–Crippen MR) is 63.4 cm³/mol. The quantitative estimate of drug-likeness (QED) is 0.679. The van der Waals surface area contributed by atoms with Crippen LogP contribution in [-0.2, 0) is 9.53 Å². The van der Waals surface area contributed by atoms with Crippen molar-refractivity contribution in [3.63, 3.8) is 0 Å². The summed E-state index contributed by atoms with van der Waals surface area (Å²) < 4.78 is 18.2. The van der Waals surface area contributed by atoms with Crippen LogP contribution in [0.4, 0.5) is 10.1 Å². The summed E-state index contributed by atoms with van der Waals surface area (Å²) in [4.78, 5) is 22.5. The molecule has 0 aliphatic rings. The SMILES string of the molecule is COC(CN)C(=O)Nc1cc(C(N)=O)ccc1F. The van der Waals surface area contributed by atoms with E-state index in [9.17, 15) is 14.0 Å². The number of rotatable bonds is 5. The number of hydrogen-bond acceptors (Lipinski definition) is 4. The van der Waals surface area contributed by atoms with Gasteiger partial charge in [-0.1, -0.05) is 0 Å². The van der Waals surface area contributed by atoms with Gasteiger partial charge in [-0.05, 0) is 18.2 Å². The lowest BCUT2D eigenvalue weighted by molar-refractivity contribution is -0.125. The summed E-state index contributed by atoms with van der Waals surface area (Å²) in [6, 6.07) is 3.42. The standard InChI is InChI=1S/C11H14FN3O3/c1-18-9(5-13)11(17)15-8-4-6(10(14)16)2-3-7(8)12/h2-4,9H,5,13H2,1H3,(H2,14,16)(H,15,17). The Morgan fingerprint density at radius 3 is 2.67 bits per heavy atom. The molecule has 0 aliphatic heterocycles. The average molecular weight is 255 g/mol. The minimum Gasteiger partial charge on any atom is -0.370 e. The number of primary amides is 1. The molecule has 1 atom stereocenters. The maximum Gasteiger partial charge on any atom is 0.254 e. The van der Waals surface area contributed by atoms with E-state index in [1.807, 2.05) is 0 Å². The van der Waals surface area contributed by atoms with Gasteiger partial charge in [0.15, 0.2) is 0 Å². The lowest BCUT2D eigenvalue weighted by atomic mass is 10.1. The van der Waals surface area contributed by atoms with Gasteiger partial charge in [0.2, 0.25) is 5.91 Å². The van der Waals surface area contributed by atoms with Crippen LogP contribution in [0.25, 0.3) is 0 Å². The van der Waals surface area contributed by atoms with Gasteiger partial charge in [-0.15, -0.1) is 0 Å². The first kappa shape index (κ1) is 14.1. The zero-order valence-electron chi connectivity index (χ0n) is 9.77. The molecule has 1 aromatic rings. The van der Waals surface area contributed by atoms with Crippen molar-refractivity contribution in [2.75, 3.05) is 19.0 Å². The molecule has 0 aromatic heterocycles. The van der Waals surface area contributed by atoms with Crippen LogP contribution in [0.3, 0.4) is 0 Å². The number of nitrogens with two attached hydrogens (primary N) is 2. The highest BCUT2D eigenvalue weighted by atomic mass is 19.1. The minimum atomic E-state index is -0.887. The zero-order valence-corrected chi connectivity index (χ0v) is 9.77. The smallest absolute Gasteiger partial charge is 0.254 e. The van der Waals surface area contributed by atoms with Gasteiger partial charge in [0.1, 0.15) is 11.9 Å². The Morgan fingerprint density at radius 2 is 2.17 bits per heavy atom. The molecule has 18 heavy (non-hydrogen) atoms. The molecular formula is C11H14FN3O3. The number of halogens is 1. The molecule has 0 fully saturated rings. The van der Waals surface area contributed by atoms with E-state index in [0.29, 0.717) is 0 Å². The van der Waals surface area contributed by atoms with Crippen molar-refractivity contribution in [3.8, 4) is 0 Å². The Bertz CT molecular complexity index is 461. The topological polar surface area (TPSA) is 107 Å². The van der Waals surface area contributed by atoms with Gasteiger partial charge in [0, 0.05) is 19.2 Å². The molecule has 0 saturated heterocycles. The fourth-order valence-electron chi connectivity index (χ4n) is 1.30. The summed E-state index contributed by atoms with van der Waals surface area (Å²) >= 11 is 0. The lowest BCUT2D eigenvalue weighted by Gasteiger charge is -2.13.